The molecule has 0 atom stereocenters. The van der Waals surface area contributed by atoms with Gasteiger partial charge in [-0.1, -0.05) is 12.1 Å². The zero-order valence-corrected chi connectivity index (χ0v) is 7.69. The topological polar surface area (TPSA) is 59.3 Å². The second-order valence-electron chi connectivity index (χ2n) is 2.38. The first-order chi connectivity index (χ1) is 6.77. The largest absolute Gasteiger partial charge is 0.490 e. The van der Waals surface area contributed by atoms with E-state index >= 15 is 0 Å². The van der Waals surface area contributed by atoms with Crippen LogP contribution in [0.1, 0.15) is 6.92 Å². The van der Waals surface area contributed by atoms with Gasteiger partial charge in [0.2, 0.25) is 0 Å². The summed E-state index contributed by atoms with van der Waals surface area (Å²) < 4.78 is 9.92. The number of carbonyl (C=O) groups is 1. The van der Waals surface area contributed by atoms with E-state index in [1.807, 2.05) is 6.92 Å². The highest BCUT2D eigenvalue weighted by Gasteiger charge is 2.07. The minimum absolute atomic E-state index is 0.265. The van der Waals surface area contributed by atoms with Crippen molar-refractivity contribution in [2.24, 2.45) is 0 Å². The van der Waals surface area contributed by atoms with Crippen LogP contribution in [0.5, 0.6) is 11.5 Å². The summed E-state index contributed by atoms with van der Waals surface area (Å²) in [5.41, 5.74) is 0. The fraction of sp³-hybridized carbons (Fsp3) is 0.200. The maximum Gasteiger partial charge on any atom is 0.416 e. The molecule has 1 aromatic carbocycles. The number of rotatable bonds is 3. The van der Waals surface area contributed by atoms with Gasteiger partial charge in [0.15, 0.2) is 17.6 Å². The Morgan fingerprint density at radius 3 is 2.64 bits per heavy atom. The lowest BCUT2D eigenvalue weighted by Crippen LogP contribution is -2.05. The molecule has 0 fully saturated rings. The van der Waals surface area contributed by atoms with Crippen molar-refractivity contribution in [1.82, 2.24) is 0 Å². The number of carbonyl (C=O) groups excluding carboxylic acids is 1. The fourth-order valence-electron chi connectivity index (χ4n) is 0.932. The minimum Gasteiger partial charge on any atom is -0.490 e. The second-order valence-corrected chi connectivity index (χ2v) is 2.38. The molecule has 0 bridgehead atoms. The first-order valence-electron chi connectivity index (χ1n) is 4.11. The Morgan fingerprint density at radius 2 is 2.07 bits per heavy atom. The summed E-state index contributed by atoms with van der Waals surface area (Å²) in [4.78, 5) is 10.7. The Balaban J connectivity index is 2.85. The Kier molecular flexibility index (Phi) is 3.50. The molecule has 4 nitrogen and oxygen atoms in total. The predicted octanol–water partition coefficient (Wildman–Crippen LogP) is 1.51. The van der Waals surface area contributed by atoms with Crippen molar-refractivity contribution in [2.45, 2.75) is 6.92 Å². The van der Waals surface area contributed by atoms with Gasteiger partial charge in [0.25, 0.3) is 0 Å². The first kappa shape index (κ1) is 10.1. The lowest BCUT2D eigenvalue weighted by Gasteiger charge is -2.07. The fourth-order valence-corrected chi connectivity index (χ4v) is 0.932. The summed E-state index contributed by atoms with van der Waals surface area (Å²) in [6, 6.07) is 8.06. The number of nitrogens with zero attached hydrogens (tertiary/aromatic N) is 1. The molecule has 0 aliphatic heterocycles. The molecule has 14 heavy (non-hydrogen) atoms. The summed E-state index contributed by atoms with van der Waals surface area (Å²) in [6.07, 6.45) is 0. The SMILES string of the molecule is CCOc1ccccc1OC(=O)C#N. The van der Waals surface area contributed by atoms with Crippen LogP contribution in [0.15, 0.2) is 24.3 Å². The molecule has 0 N–H and O–H groups in total. The molecule has 72 valence electrons. The molecule has 0 saturated heterocycles. The Hall–Kier alpha value is -2.02. The van der Waals surface area contributed by atoms with Crippen LogP contribution in [-0.2, 0) is 4.79 Å². The van der Waals surface area contributed by atoms with Crippen LogP contribution >= 0.6 is 0 Å². The van der Waals surface area contributed by atoms with Gasteiger partial charge >= 0.3 is 5.97 Å². The number of para-hydroxylation sites is 2. The van der Waals surface area contributed by atoms with Crippen molar-refractivity contribution in [3.05, 3.63) is 24.3 Å². The van der Waals surface area contributed by atoms with Crippen molar-refractivity contribution in [3.63, 3.8) is 0 Å². The molecule has 0 aliphatic rings. The Labute approximate surface area is 81.7 Å². The molecule has 0 aliphatic carbocycles. The Morgan fingerprint density at radius 1 is 1.43 bits per heavy atom. The highest BCUT2D eigenvalue weighted by Crippen LogP contribution is 2.26. The lowest BCUT2D eigenvalue weighted by atomic mass is 10.3. The summed E-state index contributed by atoms with van der Waals surface area (Å²) in [5, 5.41) is 8.25. The molecule has 4 heteroatoms. The van der Waals surface area contributed by atoms with Gasteiger partial charge in [0.1, 0.15) is 0 Å². The smallest absolute Gasteiger partial charge is 0.416 e. The van der Waals surface area contributed by atoms with Gasteiger partial charge < -0.3 is 9.47 Å². The van der Waals surface area contributed by atoms with Crippen molar-refractivity contribution in [3.8, 4) is 17.6 Å². The van der Waals surface area contributed by atoms with Crippen molar-refractivity contribution in [2.75, 3.05) is 6.61 Å². The minimum atomic E-state index is -0.947. The van der Waals surface area contributed by atoms with E-state index in [-0.39, 0.29) is 5.75 Å². The van der Waals surface area contributed by atoms with E-state index in [4.69, 9.17) is 14.7 Å². The average molecular weight is 191 g/mol. The van der Waals surface area contributed by atoms with Gasteiger partial charge in [0.05, 0.1) is 6.61 Å². The molecule has 0 radical (unpaired) electrons. The molecule has 0 amide bonds. The number of hydrogen-bond acceptors (Lipinski definition) is 4. The molecule has 1 rings (SSSR count). The van der Waals surface area contributed by atoms with Crippen LogP contribution in [-0.4, -0.2) is 12.6 Å². The molecule has 0 heterocycles. The first-order valence-corrected chi connectivity index (χ1v) is 4.11. The quantitative estimate of drug-likeness (QED) is 0.413. The molecule has 1 aromatic rings. The van der Waals surface area contributed by atoms with Gasteiger partial charge in [-0.3, -0.25) is 0 Å². The van der Waals surface area contributed by atoms with E-state index in [9.17, 15) is 4.79 Å². The molecule has 0 aromatic heterocycles. The third kappa shape index (κ3) is 2.49. The van der Waals surface area contributed by atoms with Crippen molar-refractivity contribution >= 4 is 5.97 Å². The zero-order chi connectivity index (χ0) is 10.4. The van der Waals surface area contributed by atoms with Gasteiger partial charge in [-0.2, -0.15) is 5.26 Å². The predicted molar refractivity (Wildman–Crippen MR) is 48.9 cm³/mol. The normalized spacial score (nSPS) is 8.86. The maximum absolute atomic E-state index is 10.7. The van der Waals surface area contributed by atoms with Crippen LogP contribution in [0.3, 0.4) is 0 Å². The highest BCUT2D eigenvalue weighted by atomic mass is 16.6. The monoisotopic (exact) mass is 191 g/mol. The third-order valence-electron chi connectivity index (χ3n) is 1.44. The summed E-state index contributed by atoms with van der Waals surface area (Å²) >= 11 is 0. The summed E-state index contributed by atoms with van der Waals surface area (Å²) in [7, 11) is 0. The highest BCUT2D eigenvalue weighted by molar-refractivity contribution is 5.88. The Bertz CT molecular complexity index is 368. The summed E-state index contributed by atoms with van der Waals surface area (Å²) in [5.74, 6) is -0.225. The second kappa shape index (κ2) is 4.87. The van der Waals surface area contributed by atoms with E-state index in [1.165, 1.54) is 6.07 Å². The average Bonchev–Trinajstić information content (AvgIpc) is 2.21. The van der Waals surface area contributed by atoms with Crippen LogP contribution in [0.25, 0.3) is 0 Å². The number of ether oxygens (including phenoxy) is 2. The van der Waals surface area contributed by atoms with Gasteiger partial charge in [-0.05, 0) is 19.1 Å². The molecular formula is C10H9NO3. The van der Waals surface area contributed by atoms with Gasteiger partial charge in [-0.25, -0.2) is 4.79 Å². The standard InChI is InChI=1S/C10H9NO3/c1-2-13-8-5-3-4-6-9(8)14-10(12)7-11/h3-6H,2H2,1H3. The van der Waals surface area contributed by atoms with Crippen molar-refractivity contribution in [1.29, 1.82) is 5.26 Å². The molecule has 0 spiro atoms. The number of hydrogen-bond donors (Lipinski definition) is 0. The maximum atomic E-state index is 10.7. The van der Waals surface area contributed by atoms with Crippen LogP contribution < -0.4 is 9.47 Å². The molecular weight excluding hydrogens is 182 g/mol. The van der Waals surface area contributed by atoms with E-state index in [1.54, 1.807) is 24.3 Å². The number of esters is 1. The van der Waals surface area contributed by atoms with E-state index in [2.05, 4.69) is 0 Å². The van der Waals surface area contributed by atoms with E-state index in [0.717, 1.165) is 0 Å². The zero-order valence-electron chi connectivity index (χ0n) is 7.69. The van der Waals surface area contributed by atoms with Gasteiger partial charge in [0, 0.05) is 0 Å². The lowest BCUT2D eigenvalue weighted by molar-refractivity contribution is -0.128. The van der Waals surface area contributed by atoms with Crippen LogP contribution in [0.4, 0.5) is 0 Å². The van der Waals surface area contributed by atoms with E-state index < -0.39 is 5.97 Å². The van der Waals surface area contributed by atoms with E-state index in [0.29, 0.717) is 12.4 Å². The van der Waals surface area contributed by atoms with Crippen LogP contribution in [0, 0.1) is 11.3 Å². The van der Waals surface area contributed by atoms with Crippen molar-refractivity contribution < 1.29 is 14.3 Å². The summed E-state index contributed by atoms with van der Waals surface area (Å²) in [6.45, 7) is 2.30. The molecule has 0 unspecified atom stereocenters. The number of nitriles is 1. The molecule has 0 saturated carbocycles. The number of benzene rings is 1. The van der Waals surface area contributed by atoms with Crippen LogP contribution in [0.2, 0.25) is 0 Å². The van der Waals surface area contributed by atoms with Gasteiger partial charge in [-0.15, -0.1) is 0 Å². The third-order valence-corrected chi connectivity index (χ3v) is 1.44.